The molecule has 1 aliphatic carbocycles. The quantitative estimate of drug-likeness (QED) is 0.322. The molecule has 1 aliphatic rings. The molecule has 28 heavy (non-hydrogen) atoms. The summed E-state index contributed by atoms with van der Waals surface area (Å²) in [7, 11) is 0. The van der Waals surface area contributed by atoms with Crippen LogP contribution in [0.15, 0.2) is 41.8 Å². The molecule has 2 heterocycles. The Bertz CT molecular complexity index is 1050. The van der Waals surface area contributed by atoms with Crippen LogP contribution in [0, 0.1) is 6.92 Å². The Balaban J connectivity index is 1.63. The summed E-state index contributed by atoms with van der Waals surface area (Å²) in [6.07, 6.45) is 2.20. The van der Waals surface area contributed by atoms with Gasteiger partial charge in [0, 0.05) is 6.07 Å². The summed E-state index contributed by atoms with van der Waals surface area (Å²) in [6, 6.07) is 10.5. The summed E-state index contributed by atoms with van der Waals surface area (Å²) in [5.41, 5.74) is 2.00. The Morgan fingerprint density at radius 2 is 2.00 bits per heavy atom. The van der Waals surface area contributed by atoms with Crippen molar-refractivity contribution < 1.29 is 19.1 Å². The average molecular weight is 415 g/mol. The highest BCUT2D eigenvalue weighted by molar-refractivity contribution is 7.12. The van der Waals surface area contributed by atoms with Gasteiger partial charge in [0.15, 0.2) is 10.9 Å². The molecule has 8 heteroatoms. The van der Waals surface area contributed by atoms with Crippen LogP contribution < -0.4 is 9.47 Å². The summed E-state index contributed by atoms with van der Waals surface area (Å²) in [5, 5.41) is 9.42. The molecule has 0 saturated heterocycles. The van der Waals surface area contributed by atoms with Crippen LogP contribution in [0.4, 0.5) is 0 Å². The van der Waals surface area contributed by atoms with E-state index in [2.05, 4.69) is 10.2 Å². The molecule has 0 radical (unpaired) electrons. The van der Waals surface area contributed by atoms with Crippen LogP contribution in [0.5, 0.6) is 17.4 Å². The highest BCUT2D eigenvalue weighted by atomic mass is 35.5. The number of aromatic nitrogens is 2. The van der Waals surface area contributed by atoms with Crippen LogP contribution in [0.2, 0.25) is 5.15 Å². The average Bonchev–Trinajstić information content (AvgIpc) is 3.38. The van der Waals surface area contributed by atoms with E-state index in [0.717, 1.165) is 35.3 Å². The summed E-state index contributed by atoms with van der Waals surface area (Å²) in [6.45, 7) is 1.93. The largest absolute Gasteiger partial charge is 0.434 e. The van der Waals surface area contributed by atoms with Crippen molar-refractivity contribution >= 4 is 34.7 Å². The number of para-hydroxylation sites is 1. The predicted octanol–water partition coefficient (Wildman–Crippen LogP) is 4.96. The number of ketones is 1. The molecule has 2 aromatic heterocycles. The molecule has 0 aliphatic heterocycles. The van der Waals surface area contributed by atoms with Crippen molar-refractivity contribution in [3.8, 4) is 17.4 Å². The third kappa shape index (κ3) is 3.90. The molecule has 4 rings (SSSR count). The number of ether oxygens (including phenoxy) is 2. The number of halogens is 1. The molecule has 142 valence electrons. The molecule has 0 atom stereocenters. The lowest BCUT2D eigenvalue weighted by molar-refractivity contribution is -0.129. The second-order valence-electron chi connectivity index (χ2n) is 6.40. The van der Waals surface area contributed by atoms with Gasteiger partial charge in [-0.3, -0.25) is 4.79 Å². The van der Waals surface area contributed by atoms with Gasteiger partial charge < -0.3 is 9.47 Å². The van der Waals surface area contributed by atoms with E-state index in [0.29, 0.717) is 11.7 Å². The SMILES string of the molecule is Cc1cccc(C2CC2)c1Oc1nnc(Cl)cc1OC(=O)C(=O)c1cccs1. The molecule has 0 amide bonds. The van der Waals surface area contributed by atoms with Crippen LogP contribution in [0.1, 0.15) is 39.6 Å². The Hall–Kier alpha value is -2.77. The monoisotopic (exact) mass is 414 g/mol. The molecule has 6 nitrogen and oxygen atoms in total. The molecule has 1 aromatic carbocycles. The molecule has 0 N–H and O–H groups in total. The van der Waals surface area contributed by atoms with Crippen molar-refractivity contribution in [3.05, 3.63) is 62.9 Å². The number of hydrogen-bond donors (Lipinski definition) is 0. The van der Waals surface area contributed by atoms with Crippen LogP contribution in [0.3, 0.4) is 0 Å². The predicted molar refractivity (Wildman–Crippen MR) is 105 cm³/mol. The van der Waals surface area contributed by atoms with Gasteiger partial charge in [-0.25, -0.2) is 4.79 Å². The minimum atomic E-state index is -1.04. The Kier molecular flexibility index (Phi) is 5.11. The van der Waals surface area contributed by atoms with Gasteiger partial charge in [-0.2, -0.15) is 0 Å². The van der Waals surface area contributed by atoms with Gasteiger partial charge in [0.25, 0.3) is 11.7 Å². The van der Waals surface area contributed by atoms with Crippen LogP contribution in [-0.2, 0) is 4.79 Å². The minimum absolute atomic E-state index is 0.0194. The smallest absolute Gasteiger partial charge is 0.386 e. The topological polar surface area (TPSA) is 78.4 Å². The van der Waals surface area contributed by atoms with Crippen LogP contribution in [-0.4, -0.2) is 21.9 Å². The summed E-state index contributed by atoms with van der Waals surface area (Å²) < 4.78 is 11.2. The highest BCUT2D eigenvalue weighted by Crippen LogP contribution is 2.46. The summed E-state index contributed by atoms with van der Waals surface area (Å²) in [5.74, 6) is -0.759. The van der Waals surface area contributed by atoms with Crippen molar-refractivity contribution in [1.82, 2.24) is 10.2 Å². The second kappa shape index (κ2) is 7.69. The zero-order valence-electron chi connectivity index (χ0n) is 14.8. The first-order chi connectivity index (χ1) is 13.5. The van der Waals surface area contributed by atoms with Crippen molar-refractivity contribution in [3.63, 3.8) is 0 Å². The highest BCUT2D eigenvalue weighted by Gasteiger charge is 2.29. The van der Waals surface area contributed by atoms with E-state index < -0.39 is 11.8 Å². The van der Waals surface area contributed by atoms with Gasteiger partial charge in [-0.1, -0.05) is 35.9 Å². The normalized spacial score (nSPS) is 13.2. The van der Waals surface area contributed by atoms with E-state index in [1.807, 2.05) is 25.1 Å². The first-order valence-electron chi connectivity index (χ1n) is 8.63. The minimum Gasteiger partial charge on any atom is -0.434 e. The second-order valence-corrected chi connectivity index (χ2v) is 7.74. The molecule has 1 saturated carbocycles. The number of rotatable bonds is 6. The maximum absolute atomic E-state index is 12.3. The third-order valence-corrected chi connectivity index (χ3v) is 5.34. The number of nitrogens with zero attached hydrogens (tertiary/aromatic N) is 2. The van der Waals surface area contributed by atoms with E-state index in [-0.39, 0.29) is 21.7 Å². The van der Waals surface area contributed by atoms with Crippen LogP contribution in [0.25, 0.3) is 0 Å². The summed E-state index contributed by atoms with van der Waals surface area (Å²) in [4.78, 5) is 24.8. The lowest BCUT2D eigenvalue weighted by atomic mass is 10.1. The maximum Gasteiger partial charge on any atom is 0.386 e. The zero-order chi connectivity index (χ0) is 19.7. The van der Waals surface area contributed by atoms with E-state index in [1.54, 1.807) is 17.5 Å². The van der Waals surface area contributed by atoms with Crippen LogP contribution >= 0.6 is 22.9 Å². The standard InChI is InChI=1S/C20H15ClN2O4S/c1-11-4-2-5-13(12-7-8-12)18(11)27-19-14(10-16(21)22-23-19)26-20(25)17(24)15-6-3-9-28-15/h2-6,9-10,12H,7-8H2,1H3. The van der Waals surface area contributed by atoms with Gasteiger partial charge in [0.1, 0.15) is 5.75 Å². The maximum atomic E-state index is 12.3. The number of carbonyl (C=O) groups excluding carboxylic acids is 2. The number of benzene rings is 1. The summed E-state index contributed by atoms with van der Waals surface area (Å²) >= 11 is 7.06. The molecule has 1 fully saturated rings. The Morgan fingerprint density at radius 1 is 1.18 bits per heavy atom. The van der Waals surface area contributed by atoms with Crippen molar-refractivity contribution in [2.24, 2.45) is 0 Å². The zero-order valence-corrected chi connectivity index (χ0v) is 16.4. The van der Waals surface area contributed by atoms with Crippen molar-refractivity contribution in [2.45, 2.75) is 25.7 Å². The van der Waals surface area contributed by atoms with E-state index in [4.69, 9.17) is 21.1 Å². The molecular weight excluding hydrogens is 400 g/mol. The van der Waals surface area contributed by atoms with Gasteiger partial charge in [0.05, 0.1) is 4.88 Å². The first kappa shape index (κ1) is 18.6. The van der Waals surface area contributed by atoms with E-state index in [9.17, 15) is 9.59 Å². The lowest BCUT2D eigenvalue weighted by Crippen LogP contribution is -2.20. The van der Waals surface area contributed by atoms with Gasteiger partial charge in [-0.05, 0) is 48.3 Å². The molecule has 0 bridgehead atoms. The first-order valence-corrected chi connectivity index (χ1v) is 9.89. The molecule has 0 spiro atoms. The molecule has 0 unspecified atom stereocenters. The van der Waals surface area contributed by atoms with Gasteiger partial charge in [-0.15, -0.1) is 21.5 Å². The number of thiophene rings is 1. The fraction of sp³-hybridized carbons (Fsp3) is 0.200. The fourth-order valence-corrected chi connectivity index (χ4v) is 3.55. The van der Waals surface area contributed by atoms with Gasteiger partial charge >= 0.3 is 5.97 Å². The lowest BCUT2D eigenvalue weighted by Gasteiger charge is -2.14. The third-order valence-electron chi connectivity index (χ3n) is 4.29. The Labute approximate surface area is 170 Å². The van der Waals surface area contributed by atoms with Crippen molar-refractivity contribution in [2.75, 3.05) is 0 Å². The fourth-order valence-electron chi connectivity index (χ4n) is 2.77. The number of hydrogen-bond acceptors (Lipinski definition) is 7. The van der Waals surface area contributed by atoms with Crippen molar-refractivity contribution in [1.29, 1.82) is 0 Å². The molecular formula is C20H15ClN2O4S. The number of Topliss-reactive ketones (excluding diaryl/α,β-unsaturated/α-hetero) is 1. The molecule has 3 aromatic rings. The number of esters is 1. The number of carbonyl (C=O) groups is 2. The van der Waals surface area contributed by atoms with E-state index >= 15 is 0 Å². The Morgan fingerprint density at radius 3 is 2.71 bits per heavy atom. The van der Waals surface area contributed by atoms with E-state index in [1.165, 1.54) is 6.07 Å². The number of aryl methyl sites for hydroxylation is 1. The van der Waals surface area contributed by atoms with Gasteiger partial charge in [0.2, 0.25) is 0 Å².